The molecule has 7 nitrogen and oxygen atoms in total. The summed E-state index contributed by atoms with van der Waals surface area (Å²) in [7, 11) is 1.41. The van der Waals surface area contributed by atoms with Gasteiger partial charge < -0.3 is 29.2 Å². The maximum absolute atomic E-state index is 12.8. The number of fused-ring (bicyclic) bond motifs is 2. The summed E-state index contributed by atoms with van der Waals surface area (Å²) in [5.74, 6) is -0.612. The van der Waals surface area contributed by atoms with Crippen molar-refractivity contribution in [3.8, 4) is 40.1 Å². The van der Waals surface area contributed by atoms with Crippen molar-refractivity contribution < 1.29 is 29.2 Å². The van der Waals surface area contributed by atoms with E-state index >= 15 is 0 Å². The van der Waals surface area contributed by atoms with Gasteiger partial charge in [0.05, 0.1) is 7.11 Å². The van der Waals surface area contributed by atoms with Gasteiger partial charge in [0.25, 0.3) is 0 Å². The molecular weight excluding hydrogens is 364 g/mol. The first-order valence-electron chi connectivity index (χ1n) is 8.55. The summed E-state index contributed by atoms with van der Waals surface area (Å²) in [4.78, 5) is 12.8. The quantitative estimate of drug-likeness (QED) is 0.595. The average molecular weight is 382 g/mol. The van der Waals surface area contributed by atoms with E-state index in [0.717, 1.165) is 5.57 Å². The average Bonchev–Trinajstić information content (AvgIpc) is 3.09. The molecule has 144 valence electrons. The van der Waals surface area contributed by atoms with E-state index in [1.165, 1.54) is 31.4 Å². The van der Waals surface area contributed by atoms with Crippen molar-refractivity contribution in [1.82, 2.24) is 0 Å². The van der Waals surface area contributed by atoms with Crippen molar-refractivity contribution in [2.75, 3.05) is 7.11 Å². The Morgan fingerprint density at radius 3 is 2.61 bits per heavy atom. The van der Waals surface area contributed by atoms with Crippen LogP contribution in [0.4, 0.5) is 0 Å². The molecule has 0 saturated carbocycles. The third-order valence-corrected chi connectivity index (χ3v) is 4.85. The maximum atomic E-state index is 12.8. The lowest BCUT2D eigenvalue weighted by Gasteiger charge is -2.11. The minimum Gasteiger partial charge on any atom is -0.507 e. The highest BCUT2D eigenvalue weighted by Gasteiger charge is 2.30. The summed E-state index contributed by atoms with van der Waals surface area (Å²) >= 11 is 0. The first kappa shape index (κ1) is 17.8. The first-order valence-corrected chi connectivity index (χ1v) is 8.55. The van der Waals surface area contributed by atoms with Crippen molar-refractivity contribution in [1.29, 1.82) is 0 Å². The van der Waals surface area contributed by atoms with E-state index < -0.39 is 11.2 Å². The Kier molecular flexibility index (Phi) is 3.96. The summed E-state index contributed by atoms with van der Waals surface area (Å²) in [6.07, 6.45) is 0.0696. The molecule has 0 aliphatic carbocycles. The van der Waals surface area contributed by atoms with E-state index in [9.17, 15) is 20.1 Å². The lowest BCUT2D eigenvalue weighted by molar-refractivity contribution is 0.271. The smallest absolute Gasteiger partial charge is 0.238 e. The van der Waals surface area contributed by atoms with Crippen LogP contribution in [0.15, 0.2) is 45.6 Å². The van der Waals surface area contributed by atoms with Gasteiger partial charge in [-0.1, -0.05) is 6.58 Å². The van der Waals surface area contributed by atoms with Crippen LogP contribution in [0.2, 0.25) is 0 Å². The van der Waals surface area contributed by atoms with Crippen LogP contribution in [-0.2, 0) is 6.42 Å². The second kappa shape index (κ2) is 6.23. The topological polar surface area (TPSA) is 109 Å². The van der Waals surface area contributed by atoms with Crippen LogP contribution in [0.25, 0.3) is 22.3 Å². The number of aromatic hydroxyl groups is 3. The highest BCUT2D eigenvalue weighted by Crippen LogP contribution is 2.43. The normalized spacial score (nSPS) is 15.3. The molecule has 0 fully saturated rings. The van der Waals surface area contributed by atoms with E-state index in [1.54, 1.807) is 0 Å². The predicted molar refractivity (Wildman–Crippen MR) is 102 cm³/mol. The lowest BCUT2D eigenvalue weighted by atomic mass is 10.0. The van der Waals surface area contributed by atoms with Crippen LogP contribution < -0.4 is 14.9 Å². The van der Waals surface area contributed by atoms with Crippen molar-refractivity contribution in [2.24, 2.45) is 0 Å². The molecule has 1 aliphatic rings. The van der Waals surface area contributed by atoms with Gasteiger partial charge in [-0.05, 0) is 30.7 Å². The van der Waals surface area contributed by atoms with Gasteiger partial charge >= 0.3 is 0 Å². The van der Waals surface area contributed by atoms with Gasteiger partial charge in [0.2, 0.25) is 11.2 Å². The van der Waals surface area contributed by atoms with Gasteiger partial charge in [-0.15, -0.1) is 0 Å². The lowest BCUT2D eigenvalue weighted by Crippen LogP contribution is -2.13. The molecule has 3 N–H and O–H groups in total. The SMILES string of the molecule is C=C(C)C1Cc2c(cc3oc(-c4ccc(OC)c(O)c4)c(O)c(=O)c3c2O)O1. The molecular formula is C21H18O7. The molecule has 0 spiro atoms. The monoisotopic (exact) mass is 382 g/mol. The zero-order chi connectivity index (χ0) is 20.2. The predicted octanol–water partition coefficient (Wildman–Crippen LogP) is 3.47. The molecule has 1 unspecified atom stereocenters. The second-order valence-corrected chi connectivity index (χ2v) is 6.73. The number of phenols is 2. The summed E-state index contributed by atoms with van der Waals surface area (Å²) in [5.41, 5.74) is 0.825. The fourth-order valence-corrected chi connectivity index (χ4v) is 3.33. The van der Waals surface area contributed by atoms with Crippen LogP contribution in [0.5, 0.6) is 28.7 Å². The molecule has 28 heavy (non-hydrogen) atoms. The molecule has 2 heterocycles. The van der Waals surface area contributed by atoms with Crippen LogP contribution in [-0.4, -0.2) is 28.5 Å². The Balaban J connectivity index is 1.94. The number of ether oxygens (including phenoxy) is 2. The molecule has 7 heteroatoms. The van der Waals surface area contributed by atoms with Gasteiger partial charge in [0.15, 0.2) is 17.3 Å². The molecule has 2 aromatic carbocycles. The van der Waals surface area contributed by atoms with Crippen molar-refractivity contribution in [3.63, 3.8) is 0 Å². The van der Waals surface area contributed by atoms with E-state index in [1.807, 2.05) is 6.92 Å². The van der Waals surface area contributed by atoms with Crippen LogP contribution in [0, 0.1) is 0 Å². The zero-order valence-corrected chi connectivity index (χ0v) is 15.3. The number of hydrogen-bond donors (Lipinski definition) is 3. The Bertz CT molecular complexity index is 1190. The molecule has 1 aliphatic heterocycles. The standard InChI is InChI=1S/C21H18O7/c1-9(2)14-7-11-15(27-14)8-16-17(18(11)23)19(24)20(25)21(28-16)10-4-5-13(26-3)12(22)6-10/h4-6,8,14,22-23,25H,1,7H2,2-3H3. The van der Waals surface area contributed by atoms with Gasteiger partial charge in [0, 0.05) is 23.6 Å². The Morgan fingerprint density at radius 1 is 1.21 bits per heavy atom. The van der Waals surface area contributed by atoms with Crippen LogP contribution in [0.3, 0.4) is 0 Å². The fourth-order valence-electron chi connectivity index (χ4n) is 3.33. The highest BCUT2D eigenvalue weighted by molar-refractivity contribution is 5.90. The molecule has 1 atom stereocenters. The molecule has 1 aromatic heterocycles. The third-order valence-electron chi connectivity index (χ3n) is 4.85. The number of phenolic OH excluding ortho intramolecular Hbond substituents is 2. The minimum atomic E-state index is -0.773. The fraction of sp³-hybridized carbons (Fsp3) is 0.190. The van der Waals surface area contributed by atoms with Crippen LogP contribution >= 0.6 is 0 Å². The number of methoxy groups -OCH3 is 1. The second-order valence-electron chi connectivity index (χ2n) is 6.73. The molecule has 4 rings (SSSR count). The van der Waals surface area contributed by atoms with Crippen molar-refractivity contribution >= 4 is 11.0 Å². The van der Waals surface area contributed by atoms with Crippen LogP contribution in [0.1, 0.15) is 12.5 Å². The zero-order valence-electron chi connectivity index (χ0n) is 15.3. The van der Waals surface area contributed by atoms with Gasteiger partial charge in [-0.3, -0.25) is 4.79 Å². The van der Waals surface area contributed by atoms with Crippen molar-refractivity contribution in [2.45, 2.75) is 19.4 Å². The Hall–Kier alpha value is -3.61. The maximum Gasteiger partial charge on any atom is 0.238 e. The highest BCUT2D eigenvalue weighted by atomic mass is 16.5. The molecule has 0 bridgehead atoms. The number of hydrogen-bond acceptors (Lipinski definition) is 7. The summed E-state index contributed by atoms with van der Waals surface area (Å²) < 4.78 is 16.5. The van der Waals surface area contributed by atoms with E-state index in [4.69, 9.17) is 13.9 Å². The summed E-state index contributed by atoms with van der Waals surface area (Å²) in [6, 6.07) is 5.84. The molecule has 0 radical (unpaired) electrons. The summed E-state index contributed by atoms with van der Waals surface area (Å²) in [5, 5.41) is 30.9. The largest absolute Gasteiger partial charge is 0.507 e. The van der Waals surface area contributed by atoms with Gasteiger partial charge in [0.1, 0.15) is 28.6 Å². The molecule has 3 aromatic rings. The van der Waals surface area contributed by atoms with E-state index in [-0.39, 0.29) is 45.6 Å². The third kappa shape index (κ3) is 2.55. The van der Waals surface area contributed by atoms with Crippen molar-refractivity contribution in [3.05, 3.63) is 52.2 Å². The Morgan fingerprint density at radius 2 is 1.96 bits per heavy atom. The Labute approximate surface area is 159 Å². The van der Waals surface area contributed by atoms with E-state index in [0.29, 0.717) is 17.7 Å². The number of rotatable bonds is 3. The molecule has 0 amide bonds. The first-order chi connectivity index (χ1) is 13.3. The minimum absolute atomic E-state index is 0.0618. The van der Waals surface area contributed by atoms with Gasteiger partial charge in [-0.25, -0.2) is 0 Å². The van der Waals surface area contributed by atoms with Gasteiger partial charge in [-0.2, -0.15) is 0 Å². The molecule has 0 saturated heterocycles. The summed E-state index contributed by atoms with van der Waals surface area (Å²) in [6.45, 7) is 5.68. The van der Waals surface area contributed by atoms with E-state index in [2.05, 4.69) is 6.58 Å². The number of benzene rings is 2.